The molecule has 2 heterocycles. The zero-order valence-electron chi connectivity index (χ0n) is 9.00. The second kappa shape index (κ2) is 4.20. The van der Waals surface area contributed by atoms with Crippen LogP contribution in [0, 0.1) is 31.6 Å². The maximum absolute atomic E-state index is 5.71. The second-order valence-corrected chi connectivity index (χ2v) is 3.65. The molecule has 5 radical (unpaired) electrons. The van der Waals surface area contributed by atoms with Crippen molar-refractivity contribution in [3.05, 3.63) is 61.8 Å². The summed E-state index contributed by atoms with van der Waals surface area (Å²) < 4.78 is 5.30. The van der Waals surface area contributed by atoms with Crippen molar-refractivity contribution < 1.29 is 4.42 Å². The molecule has 0 bridgehead atoms. The smallest absolute Gasteiger partial charge is 0.220 e. The maximum Gasteiger partial charge on any atom is 0.220 e. The van der Waals surface area contributed by atoms with Gasteiger partial charge in [0.25, 0.3) is 0 Å². The molecular weight excluding hydrogens is 214 g/mol. The summed E-state index contributed by atoms with van der Waals surface area (Å²) in [6, 6.07) is 5.52. The quantitative estimate of drug-likeness (QED) is 0.848. The molecule has 1 aliphatic carbocycles. The lowest BCUT2D eigenvalue weighted by molar-refractivity contribution is 0.580. The first-order chi connectivity index (χ1) is 8.33. The van der Waals surface area contributed by atoms with Crippen LogP contribution in [0.1, 0.15) is 5.69 Å². The predicted molar refractivity (Wildman–Crippen MR) is 63.7 cm³/mol. The minimum atomic E-state index is 0.245. The lowest BCUT2D eigenvalue weighted by atomic mass is 10.0. The molecule has 1 saturated carbocycles. The highest BCUT2D eigenvalue weighted by molar-refractivity contribution is 5.58. The third kappa shape index (κ3) is 2.02. The number of hydrogen-bond acceptors (Lipinski definition) is 4. The van der Waals surface area contributed by atoms with Gasteiger partial charge in [-0.15, -0.1) is 0 Å². The van der Waals surface area contributed by atoms with Crippen molar-refractivity contribution in [2.24, 2.45) is 0 Å². The lowest BCUT2D eigenvalue weighted by Gasteiger charge is -2.08. The monoisotopic (exact) mass is 224 g/mol. The van der Waals surface area contributed by atoms with E-state index in [-0.39, 0.29) is 5.95 Å². The standard InChI is InChI=1S/C13H10N3O/c14-13-15-10(9-4-1-2-5-9)8-11(16-13)12-6-3-7-17-12/h1-8H,(H2,14,15,16). The van der Waals surface area contributed by atoms with Crippen LogP contribution in [0.4, 0.5) is 5.95 Å². The van der Waals surface area contributed by atoms with E-state index in [0.29, 0.717) is 11.5 Å². The fraction of sp³-hybridized carbons (Fsp3) is 0. The Labute approximate surface area is 99.9 Å². The molecule has 2 aromatic rings. The van der Waals surface area contributed by atoms with Crippen LogP contribution in [0.3, 0.4) is 0 Å². The van der Waals surface area contributed by atoms with Crippen LogP contribution in [-0.4, -0.2) is 9.97 Å². The van der Waals surface area contributed by atoms with Gasteiger partial charge in [0.05, 0.1) is 12.0 Å². The average Bonchev–Trinajstić information content (AvgIpc) is 3.02. The fourth-order valence-corrected chi connectivity index (χ4v) is 1.71. The fourth-order valence-electron chi connectivity index (χ4n) is 1.71. The van der Waals surface area contributed by atoms with E-state index in [1.54, 1.807) is 6.26 Å². The first kappa shape index (κ1) is 10.3. The molecular formula is C13H10N3O. The molecule has 4 nitrogen and oxygen atoms in total. The third-order valence-corrected chi connectivity index (χ3v) is 2.48. The summed E-state index contributed by atoms with van der Waals surface area (Å²) >= 11 is 0. The minimum absolute atomic E-state index is 0.245. The van der Waals surface area contributed by atoms with Gasteiger partial charge in [0.15, 0.2) is 5.76 Å². The molecule has 3 rings (SSSR count). The zero-order chi connectivity index (χ0) is 11.7. The number of hydrogen-bond donors (Lipinski definition) is 1. The molecule has 2 aromatic heterocycles. The van der Waals surface area contributed by atoms with E-state index in [0.717, 1.165) is 11.6 Å². The summed E-state index contributed by atoms with van der Waals surface area (Å²) in [7, 11) is 0. The van der Waals surface area contributed by atoms with Gasteiger partial charge in [-0.05, 0) is 43.9 Å². The number of nitrogens with zero attached hydrogens (tertiary/aromatic N) is 2. The van der Waals surface area contributed by atoms with Gasteiger partial charge in [0.1, 0.15) is 5.69 Å². The van der Waals surface area contributed by atoms with E-state index in [1.807, 2.05) is 43.9 Å². The van der Waals surface area contributed by atoms with E-state index >= 15 is 0 Å². The number of anilines is 1. The van der Waals surface area contributed by atoms with Gasteiger partial charge in [-0.3, -0.25) is 0 Å². The lowest BCUT2D eigenvalue weighted by Crippen LogP contribution is -2.04. The number of nitrogens with two attached hydrogens (primary N) is 1. The van der Waals surface area contributed by atoms with Crippen LogP contribution in [0.2, 0.25) is 0 Å². The first-order valence-electron chi connectivity index (χ1n) is 5.23. The molecule has 2 N–H and O–H groups in total. The summed E-state index contributed by atoms with van der Waals surface area (Å²) in [6.45, 7) is 0. The van der Waals surface area contributed by atoms with Gasteiger partial charge < -0.3 is 10.2 Å². The van der Waals surface area contributed by atoms with E-state index in [9.17, 15) is 0 Å². The molecule has 0 aliphatic heterocycles. The van der Waals surface area contributed by atoms with Gasteiger partial charge in [-0.2, -0.15) is 0 Å². The molecule has 0 unspecified atom stereocenters. The van der Waals surface area contributed by atoms with Gasteiger partial charge >= 0.3 is 0 Å². The van der Waals surface area contributed by atoms with Crippen molar-refractivity contribution in [3.8, 4) is 11.5 Å². The van der Waals surface area contributed by atoms with Crippen molar-refractivity contribution in [2.75, 3.05) is 5.73 Å². The van der Waals surface area contributed by atoms with Crippen LogP contribution in [0.15, 0.2) is 28.9 Å². The second-order valence-electron chi connectivity index (χ2n) is 3.65. The maximum atomic E-state index is 5.71. The Morgan fingerprint density at radius 2 is 1.82 bits per heavy atom. The number of furan rings is 1. The molecule has 1 fully saturated rings. The molecule has 1 aliphatic rings. The highest BCUT2D eigenvalue weighted by atomic mass is 16.3. The number of aromatic nitrogens is 2. The Morgan fingerprint density at radius 3 is 2.53 bits per heavy atom. The van der Waals surface area contributed by atoms with Crippen LogP contribution in [0.5, 0.6) is 0 Å². The third-order valence-electron chi connectivity index (χ3n) is 2.48. The van der Waals surface area contributed by atoms with E-state index in [2.05, 4.69) is 9.97 Å². The van der Waals surface area contributed by atoms with Crippen LogP contribution < -0.4 is 5.73 Å². The minimum Gasteiger partial charge on any atom is -0.463 e. The van der Waals surface area contributed by atoms with Gasteiger partial charge in [-0.25, -0.2) is 9.97 Å². The van der Waals surface area contributed by atoms with Gasteiger partial charge in [-0.1, -0.05) is 0 Å². The van der Waals surface area contributed by atoms with Crippen LogP contribution in [-0.2, 0) is 0 Å². The summed E-state index contributed by atoms with van der Waals surface area (Å²) in [5.74, 6) is 1.95. The topological polar surface area (TPSA) is 64.9 Å². The van der Waals surface area contributed by atoms with Gasteiger partial charge in [0, 0.05) is 5.92 Å². The molecule has 83 valence electrons. The Morgan fingerprint density at radius 1 is 1.06 bits per heavy atom. The summed E-state index contributed by atoms with van der Waals surface area (Å²) in [4.78, 5) is 8.37. The first-order valence-corrected chi connectivity index (χ1v) is 5.23. The summed E-state index contributed by atoms with van der Waals surface area (Å²) in [5, 5.41) is 0. The average molecular weight is 224 g/mol. The largest absolute Gasteiger partial charge is 0.463 e. The summed E-state index contributed by atoms with van der Waals surface area (Å²) in [6.07, 6.45) is 9.48. The van der Waals surface area contributed by atoms with Crippen molar-refractivity contribution in [3.63, 3.8) is 0 Å². The van der Waals surface area contributed by atoms with Crippen molar-refractivity contribution in [1.82, 2.24) is 9.97 Å². The Kier molecular flexibility index (Phi) is 2.55. The SMILES string of the molecule is Nc1nc([C]2[CH][CH][CH][CH]2)cc(-c2ccco2)n1. The van der Waals surface area contributed by atoms with E-state index in [4.69, 9.17) is 10.2 Å². The molecule has 0 atom stereocenters. The number of rotatable bonds is 2. The normalized spacial score (nSPS) is 16.5. The highest BCUT2D eigenvalue weighted by Gasteiger charge is 2.21. The Bertz CT molecular complexity index is 501. The predicted octanol–water partition coefficient (Wildman–Crippen LogP) is 2.07. The zero-order valence-corrected chi connectivity index (χ0v) is 9.00. The summed E-state index contributed by atoms with van der Waals surface area (Å²) in [5.41, 5.74) is 7.20. The molecule has 17 heavy (non-hydrogen) atoms. The van der Waals surface area contributed by atoms with Crippen molar-refractivity contribution in [1.29, 1.82) is 0 Å². The van der Waals surface area contributed by atoms with E-state index < -0.39 is 0 Å². The van der Waals surface area contributed by atoms with Crippen LogP contribution >= 0.6 is 0 Å². The molecule has 0 saturated heterocycles. The Balaban J connectivity index is 2.00. The van der Waals surface area contributed by atoms with Crippen LogP contribution in [0.25, 0.3) is 11.5 Å². The van der Waals surface area contributed by atoms with E-state index in [1.165, 1.54) is 0 Å². The molecule has 0 spiro atoms. The van der Waals surface area contributed by atoms with Gasteiger partial charge in [0.2, 0.25) is 5.95 Å². The molecule has 0 aromatic carbocycles. The highest BCUT2D eigenvalue weighted by Crippen LogP contribution is 2.31. The molecule has 0 amide bonds. The van der Waals surface area contributed by atoms with Crippen molar-refractivity contribution in [2.45, 2.75) is 0 Å². The molecule has 4 heteroatoms. The Hall–Kier alpha value is -1.84. The number of nitrogen functional groups attached to an aromatic ring is 1. The van der Waals surface area contributed by atoms with Crippen molar-refractivity contribution >= 4 is 5.95 Å².